The molecule has 0 aliphatic carbocycles. The lowest BCUT2D eigenvalue weighted by atomic mass is 10.2. The van der Waals surface area contributed by atoms with E-state index >= 15 is 0 Å². The number of hydrogen-bond acceptors (Lipinski definition) is 4. The van der Waals surface area contributed by atoms with Crippen molar-refractivity contribution in [1.82, 2.24) is 5.32 Å². The first-order valence-electron chi connectivity index (χ1n) is 7.26. The molecule has 21 heavy (non-hydrogen) atoms. The first-order chi connectivity index (χ1) is 9.19. The standard InChI is InChI=1S/C15H30N2O3Si/c1-11(20-21(8,9)15(5,6)7)12(10-16)17-13(18)19-14(2,3)4/h11-12H,1-9H3,(H,17,18)/t11-,12-/m1/s1. The minimum absolute atomic E-state index is 0.0488. The van der Waals surface area contributed by atoms with Crippen molar-refractivity contribution in [1.29, 1.82) is 5.26 Å². The molecule has 0 unspecified atom stereocenters. The maximum absolute atomic E-state index is 11.8. The van der Waals surface area contributed by atoms with Gasteiger partial charge in [0.2, 0.25) is 0 Å². The van der Waals surface area contributed by atoms with E-state index in [9.17, 15) is 10.1 Å². The summed E-state index contributed by atoms with van der Waals surface area (Å²) in [6.45, 7) is 17.8. The minimum Gasteiger partial charge on any atom is -0.444 e. The number of carbonyl (C=O) groups is 1. The quantitative estimate of drug-likeness (QED) is 0.801. The Bertz CT molecular complexity index is 403. The molecule has 0 aliphatic heterocycles. The molecule has 6 heteroatoms. The van der Waals surface area contributed by atoms with Gasteiger partial charge in [-0.2, -0.15) is 5.26 Å². The number of alkyl carbamates (subject to hydrolysis) is 1. The van der Waals surface area contributed by atoms with E-state index in [0.29, 0.717) is 0 Å². The van der Waals surface area contributed by atoms with E-state index in [1.807, 2.05) is 6.92 Å². The molecule has 0 bridgehead atoms. The van der Waals surface area contributed by atoms with Crippen molar-refractivity contribution in [3.05, 3.63) is 0 Å². The van der Waals surface area contributed by atoms with Crippen LogP contribution in [0.4, 0.5) is 4.79 Å². The first kappa shape index (κ1) is 19.9. The van der Waals surface area contributed by atoms with Gasteiger partial charge in [-0.15, -0.1) is 0 Å². The van der Waals surface area contributed by atoms with Crippen LogP contribution in [-0.2, 0) is 9.16 Å². The van der Waals surface area contributed by atoms with Gasteiger partial charge in [0, 0.05) is 0 Å². The van der Waals surface area contributed by atoms with E-state index in [1.54, 1.807) is 20.8 Å². The van der Waals surface area contributed by atoms with Crippen LogP contribution in [0.1, 0.15) is 48.5 Å². The smallest absolute Gasteiger partial charge is 0.408 e. The van der Waals surface area contributed by atoms with Gasteiger partial charge >= 0.3 is 6.09 Å². The molecule has 1 N–H and O–H groups in total. The monoisotopic (exact) mass is 314 g/mol. The molecule has 0 radical (unpaired) electrons. The van der Waals surface area contributed by atoms with Crippen LogP contribution < -0.4 is 5.32 Å². The predicted molar refractivity (Wildman–Crippen MR) is 86.5 cm³/mol. The van der Waals surface area contributed by atoms with E-state index in [0.717, 1.165) is 0 Å². The third-order valence-electron chi connectivity index (χ3n) is 3.57. The second-order valence-corrected chi connectivity index (χ2v) is 12.6. The molecular weight excluding hydrogens is 284 g/mol. The van der Waals surface area contributed by atoms with Gasteiger partial charge < -0.3 is 14.5 Å². The van der Waals surface area contributed by atoms with Gasteiger partial charge in [0.1, 0.15) is 11.6 Å². The fraction of sp³-hybridized carbons (Fsp3) is 0.867. The van der Waals surface area contributed by atoms with Gasteiger partial charge in [0.15, 0.2) is 8.32 Å². The molecule has 2 atom stereocenters. The lowest BCUT2D eigenvalue weighted by Gasteiger charge is -2.39. The third-order valence-corrected chi connectivity index (χ3v) is 8.14. The van der Waals surface area contributed by atoms with E-state index < -0.39 is 26.1 Å². The summed E-state index contributed by atoms with van der Waals surface area (Å²) in [5.41, 5.74) is -0.590. The summed E-state index contributed by atoms with van der Waals surface area (Å²) in [6, 6.07) is 1.35. The fourth-order valence-corrected chi connectivity index (χ4v) is 2.82. The van der Waals surface area contributed by atoms with Crippen LogP contribution in [0.25, 0.3) is 0 Å². The molecule has 0 aromatic heterocycles. The minimum atomic E-state index is -1.99. The van der Waals surface area contributed by atoms with Crippen LogP contribution in [0.2, 0.25) is 18.1 Å². The molecule has 0 saturated heterocycles. The summed E-state index contributed by atoms with van der Waals surface area (Å²) in [4.78, 5) is 11.8. The first-order valence-corrected chi connectivity index (χ1v) is 10.2. The van der Waals surface area contributed by atoms with E-state index in [4.69, 9.17) is 9.16 Å². The van der Waals surface area contributed by atoms with Crippen LogP contribution in [0.3, 0.4) is 0 Å². The molecular formula is C15H30N2O3Si. The summed E-state index contributed by atoms with van der Waals surface area (Å²) in [6.07, 6.45) is -0.983. The zero-order chi connectivity index (χ0) is 17.1. The van der Waals surface area contributed by atoms with Crippen molar-refractivity contribution in [2.75, 3.05) is 0 Å². The predicted octanol–water partition coefficient (Wildman–Crippen LogP) is 3.81. The summed E-state index contributed by atoms with van der Waals surface area (Å²) in [7, 11) is -1.99. The molecule has 0 saturated carbocycles. The van der Waals surface area contributed by atoms with Crippen molar-refractivity contribution in [3.63, 3.8) is 0 Å². The molecule has 0 heterocycles. The molecule has 0 spiro atoms. The number of amides is 1. The van der Waals surface area contributed by atoms with Gasteiger partial charge in [-0.3, -0.25) is 0 Å². The number of rotatable bonds is 4. The highest BCUT2D eigenvalue weighted by atomic mass is 28.4. The Morgan fingerprint density at radius 3 is 2.00 bits per heavy atom. The molecule has 0 fully saturated rings. The maximum atomic E-state index is 11.8. The Morgan fingerprint density at radius 1 is 1.19 bits per heavy atom. The number of carbonyl (C=O) groups excluding carboxylic acids is 1. The largest absolute Gasteiger partial charge is 0.444 e. The van der Waals surface area contributed by atoms with Crippen LogP contribution in [-0.4, -0.2) is 32.2 Å². The molecule has 0 aliphatic rings. The number of hydrogen-bond donors (Lipinski definition) is 1. The number of nitrogens with zero attached hydrogens (tertiary/aromatic N) is 1. The summed E-state index contributed by atoms with van der Waals surface area (Å²) < 4.78 is 11.3. The van der Waals surface area contributed by atoms with E-state index in [1.165, 1.54) is 0 Å². The zero-order valence-corrected chi connectivity index (χ0v) is 15.8. The molecule has 0 aromatic rings. The van der Waals surface area contributed by atoms with Gasteiger partial charge in [0.05, 0.1) is 12.2 Å². The van der Waals surface area contributed by atoms with Crippen LogP contribution in [0.15, 0.2) is 0 Å². The Labute approximate surface area is 130 Å². The number of nitrogens with one attached hydrogen (secondary N) is 1. The second kappa shape index (κ2) is 6.80. The number of nitriles is 1. The Morgan fingerprint density at radius 2 is 1.67 bits per heavy atom. The number of ether oxygens (including phenoxy) is 1. The van der Waals surface area contributed by atoms with Crippen molar-refractivity contribution >= 4 is 14.4 Å². The summed E-state index contributed by atoms with van der Waals surface area (Å²) in [5, 5.41) is 11.9. The highest BCUT2D eigenvalue weighted by Gasteiger charge is 2.40. The maximum Gasteiger partial charge on any atom is 0.408 e. The van der Waals surface area contributed by atoms with Crippen LogP contribution >= 0.6 is 0 Å². The van der Waals surface area contributed by atoms with E-state index in [-0.39, 0.29) is 11.1 Å². The second-order valence-electron chi connectivity index (χ2n) is 7.84. The van der Waals surface area contributed by atoms with Gasteiger partial charge in [-0.25, -0.2) is 4.79 Å². The highest BCUT2D eigenvalue weighted by molar-refractivity contribution is 6.74. The molecule has 0 aromatic carbocycles. The van der Waals surface area contributed by atoms with Gasteiger partial charge in [-0.05, 0) is 45.8 Å². The summed E-state index contributed by atoms with van der Waals surface area (Å²) in [5.74, 6) is 0. The molecule has 122 valence electrons. The molecule has 5 nitrogen and oxygen atoms in total. The van der Waals surface area contributed by atoms with Crippen LogP contribution in [0.5, 0.6) is 0 Å². The average molecular weight is 315 g/mol. The Hall–Kier alpha value is -1.06. The normalized spacial score (nSPS) is 15.8. The van der Waals surface area contributed by atoms with Crippen molar-refractivity contribution in [3.8, 4) is 6.07 Å². The van der Waals surface area contributed by atoms with Crippen molar-refractivity contribution in [2.24, 2.45) is 0 Å². The van der Waals surface area contributed by atoms with Crippen LogP contribution in [0, 0.1) is 11.3 Å². The van der Waals surface area contributed by atoms with E-state index in [2.05, 4.69) is 45.3 Å². The van der Waals surface area contributed by atoms with Gasteiger partial charge in [-0.1, -0.05) is 20.8 Å². The SMILES string of the molecule is C[C@@H](O[Si](C)(C)C(C)(C)C)[C@@H](C#N)NC(=O)OC(C)(C)C. The topological polar surface area (TPSA) is 71.3 Å². The summed E-state index contributed by atoms with van der Waals surface area (Å²) >= 11 is 0. The third kappa shape index (κ3) is 6.96. The van der Waals surface area contributed by atoms with Gasteiger partial charge in [0.25, 0.3) is 0 Å². The average Bonchev–Trinajstić information content (AvgIpc) is 2.20. The lowest BCUT2D eigenvalue weighted by molar-refractivity contribution is 0.0474. The lowest BCUT2D eigenvalue weighted by Crippen LogP contribution is -2.50. The highest BCUT2D eigenvalue weighted by Crippen LogP contribution is 2.37. The Kier molecular flexibility index (Phi) is 6.45. The van der Waals surface area contributed by atoms with Crippen molar-refractivity contribution in [2.45, 2.75) is 84.3 Å². The Balaban J connectivity index is 4.76. The zero-order valence-electron chi connectivity index (χ0n) is 14.8. The molecule has 1 amide bonds. The molecule has 0 rings (SSSR count). The van der Waals surface area contributed by atoms with Crippen molar-refractivity contribution < 1.29 is 14.0 Å². The fourth-order valence-electron chi connectivity index (χ4n) is 1.40.